The van der Waals surface area contributed by atoms with Crippen molar-refractivity contribution in [3.63, 3.8) is 0 Å². The molecule has 20 heavy (non-hydrogen) atoms. The van der Waals surface area contributed by atoms with Crippen LogP contribution in [0.1, 0.15) is 5.56 Å². The van der Waals surface area contributed by atoms with E-state index < -0.39 is 5.91 Å². The van der Waals surface area contributed by atoms with Gasteiger partial charge >= 0.3 is 0 Å². The van der Waals surface area contributed by atoms with Crippen molar-refractivity contribution in [3.05, 3.63) is 48.2 Å². The van der Waals surface area contributed by atoms with Crippen LogP contribution in [-0.2, 0) is 9.53 Å². The van der Waals surface area contributed by atoms with E-state index >= 15 is 0 Å². The van der Waals surface area contributed by atoms with E-state index in [1.54, 1.807) is 31.4 Å². The number of hydrogen-bond acceptors (Lipinski definition) is 4. The Morgan fingerprint density at radius 3 is 2.70 bits per heavy atom. The Morgan fingerprint density at radius 2 is 2.15 bits per heavy atom. The van der Waals surface area contributed by atoms with E-state index in [0.717, 1.165) is 5.56 Å². The van der Waals surface area contributed by atoms with Gasteiger partial charge in [-0.25, -0.2) is 0 Å². The molecule has 0 fully saturated rings. The standard InChI is InChI=1S/C15H16N2O3/c1-3-20-9-8-17-15(18)13(11-16)10-12-4-6-14(19-2)7-5-12/h3-7,10H,1,8-9H2,2H3,(H,17,18)/b13-10+. The second kappa shape index (κ2) is 8.38. The van der Waals surface area contributed by atoms with Gasteiger partial charge in [0.2, 0.25) is 0 Å². The number of nitrogens with zero attached hydrogens (tertiary/aromatic N) is 1. The maximum absolute atomic E-state index is 11.8. The Bertz CT molecular complexity index is 527. The Hall–Kier alpha value is -2.74. The van der Waals surface area contributed by atoms with Gasteiger partial charge in [-0.2, -0.15) is 5.26 Å². The lowest BCUT2D eigenvalue weighted by atomic mass is 10.1. The molecule has 0 aliphatic heterocycles. The number of benzene rings is 1. The average Bonchev–Trinajstić information content (AvgIpc) is 2.49. The highest BCUT2D eigenvalue weighted by Gasteiger charge is 2.08. The van der Waals surface area contributed by atoms with E-state index in [0.29, 0.717) is 18.9 Å². The van der Waals surface area contributed by atoms with Crippen LogP contribution in [0.5, 0.6) is 5.75 Å². The Balaban J connectivity index is 2.68. The fourth-order valence-corrected chi connectivity index (χ4v) is 1.42. The molecule has 0 aromatic heterocycles. The summed E-state index contributed by atoms with van der Waals surface area (Å²) < 4.78 is 9.91. The van der Waals surface area contributed by atoms with Crippen LogP contribution in [-0.4, -0.2) is 26.2 Å². The predicted molar refractivity (Wildman–Crippen MR) is 75.7 cm³/mol. The second-order valence-corrected chi connectivity index (χ2v) is 3.74. The first-order valence-electron chi connectivity index (χ1n) is 5.97. The van der Waals surface area contributed by atoms with Crippen molar-refractivity contribution in [3.8, 4) is 11.8 Å². The summed E-state index contributed by atoms with van der Waals surface area (Å²) in [5.41, 5.74) is 0.786. The first kappa shape index (κ1) is 15.3. The minimum atomic E-state index is -0.434. The summed E-state index contributed by atoms with van der Waals surface area (Å²) in [6, 6.07) is 8.93. The lowest BCUT2D eigenvalue weighted by molar-refractivity contribution is -0.117. The molecule has 5 heteroatoms. The number of hydrogen-bond donors (Lipinski definition) is 1. The second-order valence-electron chi connectivity index (χ2n) is 3.74. The molecule has 0 unspecified atom stereocenters. The molecule has 1 amide bonds. The molecule has 0 bridgehead atoms. The van der Waals surface area contributed by atoms with Gasteiger partial charge in [0.05, 0.1) is 19.9 Å². The molecular weight excluding hydrogens is 256 g/mol. The van der Waals surface area contributed by atoms with Gasteiger partial charge in [0, 0.05) is 0 Å². The van der Waals surface area contributed by atoms with Crippen molar-refractivity contribution >= 4 is 12.0 Å². The van der Waals surface area contributed by atoms with E-state index in [-0.39, 0.29) is 5.57 Å². The van der Waals surface area contributed by atoms with Crippen molar-refractivity contribution in [2.24, 2.45) is 0 Å². The number of carbonyl (C=O) groups is 1. The van der Waals surface area contributed by atoms with Crippen LogP contribution in [0, 0.1) is 11.3 Å². The van der Waals surface area contributed by atoms with Crippen LogP contribution < -0.4 is 10.1 Å². The van der Waals surface area contributed by atoms with Gasteiger partial charge in [0.25, 0.3) is 5.91 Å². The smallest absolute Gasteiger partial charge is 0.262 e. The van der Waals surface area contributed by atoms with Crippen LogP contribution in [0.3, 0.4) is 0 Å². The van der Waals surface area contributed by atoms with Gasteiger partial charge in [-0.05, 0) is 23.8 Å². The van der Waals surface area contributed by atoms with E-state index in [2.05, 4.69) is 11.9 Å². The number of amides is 1. The van der Waals surface area contributed by atoms with Crippen LogP contribution in [0.25, 0.3) is 6.08 Å². The highest BCUT2D eigenvalue weighted by atomic mass is 16.5. The molecular formula is C15H16N2O3. The van der Waals surface area contributed by atoms with Crippen molar-refractivity contribution < 1.29 is 14.3 Å². The molecule has 5 nitrogen and oxygen atoms in total. The molecule has 0 heterocycles. The van der Waals surface area contributed by atoms with Crippen LogP contribution in [0.15, 0.2) is 42.7 Å². The Labute approximate surface area is 118 Å². The number of methoxy groups -OCH3 is 1. The van der Waals surface area contributed by atoms with Gasteiger partial charge in [-0.3, -0.25) is 4.79 Å². The Kier molecular flexibility index (Phi) is 6.42. The molecule has 0 aliphatic rings. The normalized spacial score (nSPS) is 10.3. The zero-order valence-corrected chi connectivity index (χ0v) is 11.3. The maximum atomic E-state index is 11.8. The van der Waals surface area contributed by atoms with Crippen molar-refractivity contribution in [2.45, 2.75) is 0 Å². The summed E-state index contributed by atoms with van der Waals surface area (Å²) in [5.74, 6) is 0.280. The highest BCUT2D eigenvalue weighted by Crippen LogP contribution is 2.13. The van der Waals surface area contributed by atoms with Gasteiger partial charge in [0.1, 0.15) is 24.0 Å². The van der Waals surface area contributed by atoms with Gasteiger partial charge in [-0.15, -0.1) is 0 Å². The first-order chi connectivity index (χ1) is 9.71. The zero-order chi connectivity index (χ0) is 14.8. The number of nitriles is 1. The van der Waals surface area contributed by atoms with Gasteiger partial charge in [0.15, 0.2) is 0 Å². The SMILES string of the molecule is C=COCCNC(=O)/C(C#N)=C/c1ccc(OC)cc1. The molecule has 0 saturated heterocycles. The summed E-state index contributed by atoms with van der Waals surface area (Å²) in [7, 11) is 1.57. The fourth-order valence-electron chi connectivity index (χ4n) is 1.42. The van der Waals surface area contributed by atoms with Crippen LogP contribution in [0.4, 0.5) is 0 Å². The fraction of sp³-hybridized carbons (Fsp3) is 0.200. The zero-order valence-electron chi connectivity index (χ0n) is 11.3. The minimum absolute atomic E-state index is 0.0359. The third-order valence-corrected chi connectivity index (χ3v) is 2.42. The lowest BCUT2D eigenvalue weighted by Gasteiger charge is -2.04. The number of carbonyl (C=O) groups excluding carboxylic acids is 1. The molecule has 1 aromatic carbocycles. The van der Waals surface area contributed by atoms with E-state index in [1.165, 1.54) is 12.3 Å². The molecule has 1 rings (SSSR count). The molecule has 0 radical (unpaired) electrons. The molecule has 1 aromatic rings. The minimum Gasteiger partial charge on any atom is -0.500 e. The van der Waals surface area contributed by atoms with Crippen LogP contribution >= 0.6 is 0 Å². The van der Waals surface area contributed by atoms with Crippen molar-refractivity contribution in [2.75, 3.05) is 20.3 Å². The van der Waals surface area contributed by atoms with Crippen molar-refractivity contribution in [1.29, 1.82) is 5.26 Å². The number of nitrogens with one attached hydrogen (secondary N) is 1. The quantitative estimate of drug-likeness (QED) is 0.356. The Morgan fingerprint density at radius 1 is 1.45 bits per heavy atom. The lowest BCUT2D eigenvalue weighted by Crippen LogP contribution is -2.27. The maximum Gasteiger partial charge on any atom is 0.262 e. The molecule has 0 saturated carbocycles. The highest BCUT2D eigenvalue weighted by molar-refractivity contribution is 6.01. The first-order valence-corrected chi connectivity index (χ1v) is 5.97. The molecule has 104 valence electrons. The van der Waals surface area contributed by atoms with Crippen molar-refractivity contribution in [1.82, 2.24) is 5.32 Å². The number of ether oxygens (including phenoxy) is 2. The van der Waals surface area contributed by atoms with E-state index in [9.17, 15) is 4.79 Å². The summed E-state index contributed by atoms with van der Waals surface area (Å²) in [5, 5.41) is 11.6. The summed E-state index contributed by atoms with van der Waals surface area (Å²) in [6.07, 6.45) is 2.81. The predicted octanol–water partition coefficient (Wildman–Crippen LogP) is 1.88. The third-order valence-electron chi connectivity index (χ3n) is 2.42. The van der Waals surface area contributed by atoms with Gasteiger partial charge < -0.3 is 14.8 Å². The summed E-state index contributed by atoms with van der Waals surface area (Å²) >= 11 is 0. The largest absolute Gasteiger partial charge is 0.500 e. The van der Waals surface area contributed by atoms with E-state index in [4.69, 9.17) is 14.7 Å². The third kappa shape index (κ3) is 4.86. The molecule has 0 atom stereocenters. The topological polar surface area (TPSA) is 71.3 Å². The molecule has 1 N–H and O–H groups in total. The molecule has 0 spiro atoms. The molecule has 0 aliphatic carbocycles. The van der Waals surface area contributed by atoms with Crippen LogP contribution in [0.2, 0.25) is 0 Å². The average molecular weight is 272 g/mol. The summed E-state index contributed by atoms with van der Waals surface area (Å²) in [6.45, 7) is 4.02. The van der Waals surface area contributed by atoms with E-state index in [1.807, 2.05) is 6.07 Å². The summed E-state index contributed by atoms with van der Waals surface area (Å²) in [4.78, 5) is 11.8. The van der Waals surface area contributed by atoms with Gasteiger partial charge in [-0.1, -0.05) is 18.7 Å². The monoisotopic (exact) mass is 272 g/mol. The number of rotatable bonds is 7.